The average molecular weight is 344 g/mol. The van der Waals surface area contributed by atoms with Gasteiger partial charge in [-0.1, -0.05) is 28.9 Å². The van der Waals surface area contributed by atoms with E-state index in [9.17, 15) is 10.1 Å². The number of hydrogen-bond donors (Lipinski definition) is 0. The number of nitrogens with zero attached hydrogens (tertiary/aromatic N) is 1. The minimum atomic E-state index is -0.305. The molecular formula is C13H14BrNO5. The second-order valence-corrected chi connectivity index (χ2v) is 5.59. The van der Waals surface area contributed by atoms with Crippen LogP contribution in [0.25, 0.3) is 0 Å². The van der Waals surface area contributed by atoms with Gasteiger partial charge in [0.15, 0.2) is 0 Å². The third-order valence-electron chi connectivity index (χ3n) is 3.40. The number of benzene rings is 1. The second kappa shape index (κ2) is 7.28. The van der Waals surface area contributed by atoms with Gasteiger partial charge in [-0.3, -0.25) is 10.1 Å². The Balaban J connectivity index is 0.000000612. The number of ether oxygens (including phenoxy) is 1. The first-order valence-corrected chi connectivity index (χ1v) is 6.75. The van der Waals surface area contributed by atoms with Crippen molar-refractivity contribution in [1.82, 2.24) is 0 Å². The normalized spacial score (nSPS) is 16.5. The van der Waals surface area contributed by atoms with Crippen molar-refractivity contribution < 1.29 is 19.2 Å². The molecule has 1 aliphatic heterocycles. The smallest absolute Gasteiger partial charge is 0.373 e. The minimum Gasteiger partial charge on any atom is -0.381 e. The molecule has 6 nitrogen and oxygen atoms in total. The largest absolute Gasteiger partial charge is 0.381 e. The van der Waals surface area contributed by atoms with Gasteiger partial charge in [-0.15, -0.1) is 0 Å². The lowest BCUT2D eigenvalue weighted by molar-refractivity contribution is -0.386. The van der Waals surface area contributed by atoms with Gasteiger partial charge in [0.25, 0.3) is 5.69 Å². The molecule has 0 bridgehead atoms. The van der Waals surface area contributed by atoms with Gasteiger partial charge >= 0.3 is 6.15 Å². The van der Waals surface area contributed by atoms with Crippen LogP contribution in [0.5, 0.6) is 0 Å². The zero-order chi connectivity index (χ0) is 15.2. The first kappa shape index (κ1) is 16.5. The highest BCUT2D eigenvalue weighted by molar-refractivity contribution is 9.10. The fourth-order valence-electron chi connectivity index (χ4n) is 2.26. The molecular weight excluding hydrogens is 330 g/mol. The Morgan fingerprint density at radius 3 is 2.40 bits per heavy atom. The highest BCUT2D eigenvalue weighted by Gasteiger charge is 2.34. The fourth-order valence-corrected chi connectivity index (χ4v) is 2.61. The molecule has 1 aromatic carbocycles. The summed E-state index contributed by atoms with van der Waals surface area (Å²) in [6.07, 6.45) is 1.91. The summed E-state index contributed by atoms with van der Waals surface area (Å²) >= 11 is 3.28. The number of carbonyl (C=O) groups excluding carboxylic acids is 2. The van der Waals surface area contributed by atoms with Crippen molar-refractivity contribution in [2.75, 3.05) is 13.2 Å². The summed E-state index contributed by atoms with van der Waals surface area (Å²) in [5.41, 5.74) is 0.860. The SMILES string of the molecule is CC1(c2ccc(Br)cc2[N+](=O)[O-])CCOCC1.O=C=O. The molecule has 0 amide bonds. The Morgan fingerprint density at radius 1 is 1.35 bits per heavy atom. The monoisotopic (exact) mass is 343 g/mol. The molecule has 1 aliphatic rings. The van der Waals surface area contributed by atoms with Crippen LogP contribution in [-0.2, 0) is 19.7 Å². The van der Waals surface area contributed by atoms with E-state index in [1.807, 2.05) is 12.1 Å². The maximum absolute atomic E-state index is 11.1. The van der Waals surface area contributed by atoms with E-state index < -0.39 is 0 Å². The van der Waals surface area contributed by atoms with Crippen molar-refractivity contribution in [3.05, 3.63) is 38.3 Å². The molecule has 0 saturated carbocycles. The van der Waals surface area contributed by atoms with Crippen LogP contribution in [0, 0.1) is 10.1 Å². The molecule has 0 aliphatic carbocycles. The van der Waals surface area contributed by atoms with Gasteiger partial charge in [-0.2, -0.15) is 9.59 Å². The molecule has 7 heteroatoms. The van der Waals surface area contributed by atoms with Gasteiger partial charge in [0.05, 0.1) is 4.92 Å². The van der Waals surface area contributed by atoms with Crippen LogP contribution in [0.2, 0.25) is 0 Å². The molecule has 0 unspecified atom stereocenters. The summed E-state index contributed by atoms with van der Waals surface area (Å²) in [5, 5.41) is 11.1. The summed E-state index contributed by atoms with van der Waals surface area (Å²) in [5.74, 6) is 0. The Morgan fingerprint density at radius 2 is 1.90 bits per heavy atom. The molecule has 1 aromatic rings. The number of rotatable bonds is 2. The average Bonchev–Trinajstić information content (AvgIpc) is 2.40. The highest BCUT2D eigenvalue weighted by Crippen LogP contribution is 2.40. The van der Waals surface area contributed by atoms with Gasteiger partial charge in [-0.25, -0.2) is 0 Å². The summed E-state index contributed by atoms with van der Waals surface area (Å²) in [6.45, 7) is 3.42. The topological polar surface area (TPSA) is 86.5 Å². The van der Waals surface area contributed by atoms with E-state index in [1.54, 1.807) is 6.07 Å². The van der Waals surface area contributed by atoms with Gasteiger partial charge in [0.1, 0.15) is 0 Å². The Bertz CT molecular complexity index is 519. The fraction of sp³-hybridized carbons (Fsp3) is 0.462. The summed E-state index contributed by atoms with van der Waals surface area (Å²) in [6, 6.07) is 5.30. The van der Waals surface area contributed by atoms with Crippen molar-refractivity contribution in [2.24, 2.45) is 0 Å². The molecule has 1 heterocycles. The third kappa shape index (κ3) is 3.96. The quantitative estimate of drug-likeness (QED) is 0.608. The number of nitro groups is 1. The van der Waals surface area contributed by atoms with Crippen LogP contribution in [0.1, 0.15) is 25.3 Å². The first-order chi connectivity index (χ1) is 9.44. The summed E-state index contributed by atoms with van der Waals surface area (Å²) in [7, 11) is 0. The van der Waals surface area contributed by atoms with E-state index in [0.717, 1.165) is 22.9 Å². The van der Waals surface area contributed by atoms with E-state index in [4.69, 9.17) is 14.3 Å². The molecule has 0 atom stereocenters. The van der Waals surface area contributed by atoms with Gasteiger partial charge in [0, 0.05) is 34.7 Å². The minimum absolute atomic E-state index is 0.151. The second-order valence-electron chi connectivity index (χ2n) is 4.67. The van der Waals surface area contributed by atoms with Crippen LogP contribution >= 0.6 is 15.9 Å². The van der Waals surface area contributed by atoms with Crippen molar-refractivity contribution in [3.8, 4) is 0 Å². The van der Waals surface area contributed by atoms with E-state index in [0.29, 0.717) is 13.2 Å². The van der Waals surface area contributed by atoms with Crippen LogP contribution in [0.3, 0.4) is 0 Å². The summed E-state index contributed by atoms with van der Waals surface area (Å²) < 4.78 is 6.07. The zero-order valence-corrected chi connectivity index (χ0v) is 12.5. The standard InChI is InChI=1S/C12H14BrNO3.CO2/c1-12(4-6-17-7-5-12)10-3-2-9(13)8-11(10)14(15)16;2-1-3/h2-3,8H,4-7H2,1H3;. The lowest BCUT2D eigenvalue weighted by Gasteiger charge is -2.33. The molecule has 0 spiro atoms. The molecule has 0 aromatic heterocycles. The molecule has 20 heavy (non-hydrogen) atoms. The maximum Gasteiger partial charge on any atom is 0.373 e. The van der Waals surface area contributed by atoms with Gasteiger partial charge < -0.3 is 4.74 Å². The van der Waals surface area contributed by atoms with Crippen LogP contribution in [0.15, 0.2) is 22.7 Å². The lowest BCUT2D eigenvalue weighted by atomic mass is 9.75. The van der Waals surface area contributed by atoms with E-state index in [1.165, 1.54) is 0 Å². The number of hydrogen-bond acceptors (Lipinski definition) is 5. The third-order valence-corrected chi connectivity index (χ3v) is 3.90. The van der Waals surface area contributed by atoms with E-state index in [2.05, 4.69) is 22.9 Å². The number of nitro benzene ring substituents is 1. The highest BCUT2D eigenvalue weighted by atomic mass is 79.9. The van der Waals surface area contributed by atoms with Crippen molar-refractivity contribution in [1.29, 1.82) is 0 Å². The Hall–Kier alpha value is -1.56. The lowest BCUT2D eigenvalue weighted by Crippen LogP contribution is -2.31. The Kier molecular flexibility index (Phi) is 6.01. The predicted molar refractivity (Wildman–Crippen MR) is 73.2 cm³/mol. The Labute approximate surface area is 124 Å². The zero-order valence-electron chi connectivity index (χ0n) is 10.9. The van der Waals surface area contributed by atoms with Gasteiger partial charge in [0.2, 0.25) is 0 Å². The maximum atomic E-state index is 11.1. The molecule has 1 saturated heterocycles. The van der Waals surface area contributed by atoms with Crippen LogP contribution < -0.4 is 0 Å². The first-order valence-electron chi connectivity index (χ1n) is 5.96. The predicted octanol–water partition coefficient (Wildman–Crippen LogP) is 2.84. The van der Waals surface area contributed by atoms with Gasteiger partial charge in [-0.05, 0) is 18.9 Å². The number of halogens is 1. The molecule has 0 radical (unpaired) electrons. The van der Waals surface area contributed by atoms with Crippen LogP contribution in [-0.4, -0.2) is 24.3 Å². The summed E-state index contributed by atoms with van der Waals surface area (Å²) in [4.78, 5) is 27.1. The molecule has 1 fully saturated rings. The molecule has 0 N–H and O–H groups in total. The van der Waals surface area contributed by atoms with Crippen LogP contribution in [0.4, 0.5) is 5.69 Å². The van der Waals surface area contributed by atoms with Crippen molar-refractivity contribution >= 4 is 27.8 Å². The van der Waals surface area contributed by atoms with E-state index >= 15 is 0 Å². The molecule has 108 valence electrons. The molecule has 2 rings (SSSR count). The van der Waals surface area contributed by atoms with Crippen molar-refractivity contribution in [3.63, 3.8) is 0 Å². The van der Waals surface area contributed by atoms with Crippen molar-refractivity contribution in [2.45, 2.75) is 25.2 Å². The van der Waals surface area contributed by atoms with E-state index in [-0.39, 0.29) is 22.2 Å².